The van der Waals surface area contributed by atoms with E-state index in [1.807, 2.05) is 6.07 Å². The maximum atomic E-state index is 11.8. The fourth-order valence-corrected chi connectivity index (χ4v) is 3.04. The Morgan fingerprint density at radius 3 is 2.81 bits per heavy atom. The molecule has 0 spiro atoms. The summed E-state index contributed by atoms with van der Waals surface area (Å²) in [7, 11) is 0. The first-order valence-corrected chi connectivity index (χ1v) is 8.01. The van der Waals surface area contributed by atoms with E-state index in [0.717, 1.165) is 11.5 Å². The fraction of sp³-hybridized carbons (Fsp3) is 0.611. The van der Waals surface area contributed by atoms with E-state index in [2.05, 4.69) is 38.2 Å². The maximum Gasteiger partial charge on any atom is 0.407 e. The largest absolute Gasteiger partial charge is 0.449 e. The summed E-state index contributed by atoms with van der Waals surface area (Å²) in [5, 5.41) is 2.84. The van der Waals surface area contributed by atoms with Gasteiger partial charge in [-0.1, -0.05) is 38.0 Å². The molecule has 1 saturated carbocycles. The molecule has 2 unspecified atom stereocenters. The minimum absolute atomic E-state index is 0.300. The second kappa shape index (κ2) is 7.48. The van der Waals surface area contributed by atoms with Crippen LogP contribution in [0.25, 0.3) is 0 Å². The molecule has 1 aliphatic carbocycles. The topological polar surface area (TPSA) is 38.3 Å². The lowest BCUT2D eigenvalue weighted by molar-refractivity contribution is 0.107. The molecule has 0 aromatic heterocycles. The molecule has 1 N–H and O–H groups in total. The zero-order chi connectivity index (χ0) is 15.2. The Morgan fingerprint density at radius 1 is 1.29 bits per heavy atom. The predicted octanol–water partition coefficient (Wildman–Crippen LogP) is 4.36. The summed E-state index contributed by atoms with van der Waals surface area (Å²) >= 11 is 0. The second-order valence-corrected chi connectivity index (χ2v) is 6.51. The molecule has 2 atom stereocenters. The molecule has 1 aromatic rings. The van der Waals surface area contributed by atoms with Gasteiger partial charge in [-0.15, -0.1) is 0 Å². The van der Waals surface area contributed by atoms with E-state index in [9.17, 15) is 4.79 Å². The quantitative estimate of drug-likeness (QED) is 0.894. The van der Waals surface area contributed by atoms with Gasteiger partial charge in [0.05, 0.1) is 6.61 Å². The molecular formula is C18H27NO2. The smallest absolute Gasteiger partial charge is 0.407 e. The number of nitrogens with one attached hydrogen (secondary N) is 1. The van der Waals surface area contributed by atoms with Crippen molar-refractivity contribution in [3.8, 4) is 0 Å². The molecule has 1 amide bonds. The number of benzene rings is 1. The van der Waals surface area contributed by atoms with Gasteiger partial charge in [0, 0.05) is 6.54 Å². The molecule has 1 aliphatic rings. The number of hydrogen-bond donors (Lipinski definition) is 1. The highest BCUT2D eigenvalue weighted by Crippen LogP contribution is 2.28. The average molecular weight is 289 g/mol. The number of hydrogen-bond acceptors (Lipinski definition) is 2. The van der Waals surface area contributed by atoms with E-state index < -0.39 is 0 Å². The van der Waals surface area contributed by atoms with Gasteiger partial charge in [0.1, 0.15) is 0 Å². The Morgan fingerprint density at radius 2 is 2.10 bits per heavy atom. The first kappa shape index (κ1) is 15.9. The number of alkyl carbamates (subject to hydrolysis) is 1. The number of aryl methyl sites for hydroxylation is 2. The molecule has 1 fully saturated rings. The van der Waals surface area contributed by atoms with Gasteiger partial charge >= 0.3 is 6.09 Å². The SMILES string of the molecule is Cc1ccc(CNC(=O)OCC2CCCC(C)C2)cc1C. The van der Waals surface area contributed by atoms with E-state index in [-0.39, 0.29) is 6.09 Å². The van der Waals surface area contributed by atoms with Crippen LogP contribution >= 0.6 is 0 Å². The summed E-state index contributed by atoms with van der Waals surface area (Å²) in [6, 6.07) is 6.24. The lowest BCUT2D eigenvalue weighted by Crippen LogP contribution is -2.27. The highest BCUT2D eigenvalue weighted by atomic mass is 16.5. The van der Waals surface area contributed by atoms with Crippen molar-refractivity contribution in [2.75, 3.05) is 6.61 Å². The average Bonchev–Trinajstić information content (AvgIpc) is 2.46. The van der Waals surface area contributed by atoms with Crippen molar-refractivity contribution in [2.24, 2.45) is 11.8 Å². The summed E-state index contributed by atoms with van der Waals surface area (Å²) in [5.41, 5.74) is 3.63. The van der Waals surface area contributed by atoms with E-state index >= 15 is 0 Å². The van der Waals surface area contributed by atoms with Gasteiger partial charge in [0.2, 0.25) is 0 Å². The lowest BCUT2D eigenvalue weighted by Gasteiger charge is -2.26. The molecule has 0 bridgehead atoms. The van der Waals surface area contributed by atoms with Crippen molar-refractivity contribution in [2.45, 2.75) is 53.0 Å². The number of rotatable bonds is 4. The van der Waals surface area contributed by atoms with Crippen LogP contribution in [0.4, 0.5) is 4.79 Å². The molecule has 3 nitrogen and oxygen atoms in total. The first-order chi connectivity index (χ1) is 10.0. The summed E-state index contributed by atoms with van der Waals surface area (Å²) in [5.74, 6) is 1.31. The maximum absolute atomic E-state index is 11.8. The summed E-state index contributed by atoms with van der Waals surface area (Å²) in [6.45, 7) is 7.55. The minimum atomic E-state index is -0.300. The van der Waals surface area contributed by atoms with Gasteiger partial charge in [-0.05, 0) is 55.2 Å². The third kappa shape index (κ3) is 5.07. The molecule has 0 saturated heterocycles. The van der Waals surface area contributed by atoms with Crippen molar-refractivity contribution < 1.29 is 9.53 Å². The third-order valence-electron chi connectivity index (χ3n) is 4.50. The van der Waals surface area contributed by atoms with E-state index in [1.165, 1.54) is 36.8 Å². The van der Waals surface area contributed by atoms with E-state index in [4.69, 9.17) is 4.74 Å². The summed E-state index contributed by atoms with van der Waals surface area (Å²) < 4.78 is 5.36. The molecule has 0 aliphatic heterocycles. The van der Waals surface area contributed by atoms with Crippen LogP contribution in [0.1, 0.15) is 49.3 Å². The first-order valence-electron chi connectivity index (χ1n) is 8.01. The lowest BCUT2D eigenvalue weighted by atomic mass is 9.83. The summed E-state index contributed by atoms with van der Waals surface area (Å²) in [4.78, 5) is 11.8. The zero-order valence-electron chi connectivity index (χ0n) is 13.4. The van der Waals surface area contributed by atoms with E-state index in [0.29, 0.717) is 19.1 Å². The summed E-state index contributed by atoms with van der Waals surface area (Å²) in [6.07, 6.45) is 4.65. The Balaban J connectivity index is 1.70. The van der Waals surface area contributed by atoms with Crippen LogP contribution in [-0.4, -0.2) is 12.7 Å². The minimum Gasteiger partial charge on any atom is -0.449 e. The Labute approximate surface area is 128 Å². The van der Waals surface area contributed by atoms with Crippen molar-refractivity contribution in [1.82, 2.24) is 5.32 Å². The van der Waals surface area contributed by atoms with E-state index in [1.54, 1.807) is 0 Å². The number of carbonyl (C=O) groups is 1. The number of ether oxygens (including phenoxy) is 1. The Kier molecular flexibility index (Phi) is 5.66. The highest BCUT2D eigenvalue weighted by molar-refractivity contribution is 5.67. The van der Waals surface area contributed by atoms with Gasteiger partial charge < -0.3 is 10.1 Å². The van der Waals surface area contributed by atoms with Crippen molar-refractivity contribution in [3.05, 3.63) is 34.9 Å². The van der Waals surface area contributed by atoms with Crippen molar-refractivity contribution >= 4 is 6.09 Å². The monoisotopic (exact) mass is 289 g/mol. The van der Waals surface area contributed by atoms with Crippen molar-refractivity contribution in [3.63, 3.8) is 0 Å². The highest BCUT2D eigenvalue weighted by Gasteiger charge is 2.20. The van der Waals surface area contributed by atoms with Crippen LogP contribution < -0.4 is 5.32 Å². The molecule has 21 heavy (non-hydrogen) atoms. The molecule has 1 aromatic carbocycles. The van der Waals surface area contributed by atoms with Gasteiger partial charge in [-0.3, -0.25) is 0 Å². The zero-order valence-corrected chi connectivity index (χ0v) is 13.4. The van der Waals surface area contributed by atoms with Crippen LogP contribution in [0.3, 0.4) is 0 Å². The molecule has 116 valence electrons. The molecule has 0 radical (unpaired) electrons. The Hall–Kier alpha value is -1.51. The fourth-order valence-electron chi connectivity index (χ4n) is 3.04. The number of amides is 1. The standard InChI is InChI=1S/C18H27NO2/c1-13-5-4-6-17(9-13)12-21-18(20)19-11-16-8-7-14(2)15(3)10-16/h7-8,10,13,17H,4-6,9,11-12H2,1-3H3,(H,19,20). The predicted molar refractivity (Wildman–Crippen MR) is 85.2 cm³/mol. The van der Waals surface area contributed by atoms with Crippen LogP contribution in [0.15, 0.2) is 18.2 Å². The molecule has 2 rings (SSSR count). The normalized spacial score (nSPS) is 21.9. The van der Waals surface area contributed by atoms with Gasteiger partial charge in [0.25, 0.3) is 0 Å². The molecule has 3 heteroatoms. The van der Waals surface area contributed by atoms with Gasteiger partial charge in [-0.2, -0.15) is 0 Å². The Bertz CT molecular complexity index is 484. The number of carbonyl (C=O) groups excluding carboxylic acids is 1. The van der Waals surface area contributed by atoms with Gasteiger partial charge in [-0.25, -0.2) is 4.79 Å². The molecular weight excluding hydrogens is 262 g/mol. The van der Waals surface area contributed by atoms with Gasteiger partial charge in [0.15, 0.2) is 0 Å². The van der Waals surface area contributed by atoms with Crippen LogP contribution in [0, 0.1) is 25.7 Å². The second-order valence-electron chi connectivity index (χ2n) is 6.51. The third-order valence-corrected chi connectivity index (χ3v) is 4.50. The molecule has 0 heterocycles. The van der Waals surface area contributed by atoms with Crippen LogP contribution in [0.2, 0.25) is 0 Å². The van der Waals surface area contributed by atoms with Crippen molar-refractivity contribution in [1.29, 1.82) is 0 Å². The van der Waals surface area contributed by atoms with Crippen LogP contribution in [-0.2, 0) is 11.3 Å². The van der Waals surface area contributed by atoms with Crippen LogP contribution in [0.5, 0.6) is 0 Å².